The highest BCUT2D eigenvalue weighted by molar-refractivity contribution is 7.45. The monoisotopic (exact) mass is 178 g/mol. The first-order chi connectivity index (χ1) is 5.13. The van der Waals surface area contributed by atoms with Crippen LogP contribution in [0.4, 0.5) is 0 Å². The van der Waals surface area contributed by atoms with Gasteiger partial charge in [-0.3, -0.25) is 4.79 Å². The zero-order valence-corrected chi connectivity index (χ0v) is 8.22. The molecule has 2 atom stereocenters. The van der Waals surface area contributed by atoms with E-state index in [9.17, 15) is 9.36 Å². The lowest BCUT2D eigenvalue weighted by atomic mass is 10.3. The van der Waals surface area contributed by atoms with E-state index in [4.69, 9.17) is 4.74 Å². The summed E-state index contributed by atoms with van der Waals surface area (Å²) in [6.07, 6.45) is 0.604. The molecule has 0 amide bonds. The van der Waals surface area contributed by atoms with E-state index in [-0.39, 0.29) is 11.6 Å². The highest BCUT2D eigenvalue weighted by atomic mass is 31.1. The molecular formula is C7H15O3P. The number of hydrogen-bond acceptors (Lipinski definition) is 3. The number of carbonyl (C=O) groups is 1. The fourth-order valence-electron chi connectivity index (χ4n) is 0.863. The average Bonchev–Trinajstić information content (AvgIpc) is 1.88. The zero-order chi connectivity index (χ0) is 8.85. The van der Waals surface area contributed by atoms with Crippen molar-refractivity contribution in [2.24, 2.45) is 0 Å². The lowest BCUT2D eigenvalue weighted by Crippen LogP contribution is -2.18. The summed E-state index contributed by atoms with van der Waals surface area (Å²) in [5, 5.41) is 0. The van der Waals surface area contributed by atoms with Gasteiger partial charge in [0.25, 0.3) is 0 Å². The molecule has 0 aromatic rings. The van der Waals surface area contributed by atoms with Gasteiger partial charge in [0.2, 0.25) is 0 Å². The molecule has 2 unspecified atom stereocenters. The van der Waals surface area contributed by atoms with Crippen molar-refractivity contribution in [2.45, 2.75) is 25.9 Å². The van der Waals surface area contributed by atoms with Crippen molar-refractivity contribution in [1.82, 2.24) is 0 Å². The molecule has 0 bridgehead atoms. The average molecular weight is 178 g/mol. The van der Waals surface area contributed by atoms with E-state index in [0.717, 1.165) is 0 Å². The molecule has 0 spiro atoms. The molecular weight excluding hydrogens is 163 g/mol. The lowest BCUT2D eigenvalue weighted by Gasteiger charge is -2.09. The summed E-state index contributed by atoms with van der Waals surface area (Å²) in [7, 11) is -1.77. The minimum absolute atomic E-state index is 0.318. The largest absolute Gasteiger partial charge is 0.465 e. The molecule has 11 heavy (non-hydrogen) atoms. The number of ether oxygens (including phenoxy) is 1. The topological polar surface area (TPSA) is 43.4 Å². The highest BCUT2D eigenvalue weighted by Crippen LogP contribution is 2.26. The molecule has 66 valence electrons. The quantitative estimate of drug-likeness (QED) is 0.484. The maximum absolute atomic E-state index is 11.0. The van der Waals surface area contributed by atoms with Crippen molar-refractivity contribution in [3.63, 3.8) is 0 Å². The lowest BCUT2D eigenvalue weighted by molar-refractivity contribution is -0.142. The van der Waals surface area contributed by atoms with Gasteiger partial charge in [-0.25, -0.2) is 0 Å². The molecule has 4 heteroatoms. The Morgan fingerprint density at radius 2 is 2.09 bits per heavy atom. The molecule has 0 saturated carbocycles. The summed E-state index contributed by atoms with van der Waals surface area (Å²) >= 11 is 0. The molecule has 0 heterocycles. The SMILES string of the molecule is CCOC(=O)C(CC)[PH](C)=O. The Labute approximate surface area is 67.9 Å². The molecule has 0 rings (SSSR count). The highest BCUT2D eigenvalue weighted by Gasteiger charge is 2.20. The molecule has 0 aromatic heterocycles. The predicted octanol–water partition coefficient (Wildman–Crippen LogP) is 1.52. The first-order valence-electron chi connectivity index (χ1n) is 3.80. The van der Waals surface area contributed by atoms with Gasteiger partial charge >= 0.3 is 5.97 Å². The van der Waals surface area contributed by atoms with Gasteiger partial charge in [-0.05, 0) is 20.0 Å². The molecule has 0 fully saturated rings. The fraction of sp³-hybridized carbons (Fsp3) is 0.857. The standard InChI is InChI=1S/C7H15O3P/c1-4-6(11(3)9)7(8)10-5-2/h6,11H,4-5H2,1-3H3. The summed E-state index contributed by atoms with van der Waals surface area (Å²) in [5.74, 6) is -0.318. The molecule has 0 aliphatic heterocycles. The molecule has 3 nitrogen and oxygen atoms in total. The van der Waals surface area contributed by atoms with Crippen LogP contribution in [0.1, 0.15) is 20.3 Å². The van der Waals surface area contributed by atoms with Crippen molar-refractivity contribution in [2.75, 3.05) is 13.3 Å². The van der Waals surface area contributed by atoms with Gasteiger partial charge in [-0.1, -0.05) is 6.92 Å². The molecule has 0 aliphatic rings. The third-order valence-corrected chi connectivity index (χ3v) is 3.10. The van der Waals surface area contributed by atoms with Gasteiger partial charge in [-0.15, -0.1) is 0 Å². The zero-order valence-electron chi connectivity index (χ0n) is 7.22. The van der Waals surface area contributed by atoms with Crippen LogP contribution in [0, 0.1) is 0 Å². The Kier molecular flexibility index (Phi) is 5.22. The minimum Gasteiger partial charge on any atom is -0.465 e. The van der Waals surface area contributed by atoms with E-state index >= 15 is 0 Å². The van der Waals surface area contributed by atoms with Gasteiger partial charge < -0.3 is 9.30 Å². The van der Waals surface area contributed by atoms with Crippen LogP contribution >= 0.6 is 7.80 Å². The number of rotatable bonds is 4. The van der Waals surface area contributed by atoms with Crippen LogP contribution in [-0.2, 0) is 14.1 Å². The van der Waals surface area contributed by atoms with Gasteiger partial charge in [0, 0.05) is 0 Å². The number of carbonyl (C=O) groups excluding carboxylic acids is 1. The van der Waals surface area contributed by atoms with Crippen LogP contribution in [0.25, 0.3) is 0 Å². The van der Waals surface area contributed by atoms with Crippen molar-refractivity contribution in [3.8, 4) is 0 Å². The molecule has 0 N–H and O–H groups in total. The van der Waals surface area contributed by atoms with Gasteiger partial charge in [0.15, 0.2) is 0 Å². The van der Waals surface area contributed by atoms with Crippen LogP contribution in [-0.4, -0.2) is 24.9 Å². The van der Waals surface area contributed by atoms with Crippen LogP contribution in [0.15, 0.2) is 0 Å². The Balaban J connectivity index is 4.03. The summed E-state index contributed by atoms with van der Waals surface area (Å²) < 4.78 is 15.7. The fourth-order valence-corrected chi connectivity index (χ4v) is 1.85. The molecule has 0 aromatic carbocycles. The first-order valence-corrected chi connectivity index (χ1v) is 5.79. The van der Waals surface area contributed by atoms with Gasteiger partial charge in [0.1, 0.15) is 5.66 Å². The van der Waals surface area contributed by atoms with Crippen molar-refractivity contribution in [3.05, 3.63) is 0 Å². The molecule has 0 radical (unpaired) electrons. The normalized spacial score (nSPS) is 15.5. The van der Waals surface area contributed by atoms with Crippen molar-refractivity contribution < 1.29 is 14.1 Å². The summed E-state index contributed by atoms with van der Waals surface area (Å²) in [4.78, 5) is 11.0. The minimum atomic E-state index is -1.77. The van der Waals surface area contributed by atoms with E-state index < -0.39 is 7.80 Å². The Morgan fingerprint density at radius 1 is 1.55 bits per heavy atom. The maximum Gasteiger partial charge on any atom is 0.316 e. The summed E-state index contributed by atoms with van der Waals surface area (Å²) in [5.41, 5.74) is -0.375. The van der Waals surface area contributed by atoms with Crippen molar-refractivity contribution >= 4 is 13.8 Å². The van der Waals surface area contributed by atoms with Gasteiger partial charge in [-0.2, -0.15) is 0 Å². The summed E-state index contributed by atoms with van der Waals surface area (Å²) in [6, 6.07) is 0. The van der Waals surface area contributed by atoms with E-state index in [0.29, 0.717) is 13.0 Å². The van der Waals surface area contributed by atoms with Crippen molar-refractivity contribution in [1.29, 1.82) is 0 Å². The van der Waals surface area contributed by atoms with Crippen LogP contribution in [0.2, 0.25) is 0 Å². The summed E-state index contributed by atoms with van der Waals surface area (Å²) in [6.45, 7) is 5.55. The van der Waals surface area contributed by atoms with Crippen LogP contribution in [0.5, 0.6) is 0 Å². The smallest absolute Gasteiger partial charge is 0.316 e. The Hall–Kier alpha value is -0.300. The van der Waals surface area contributed by atoms with E-state index in [1.165, 1.54) is 0 Å². The van der Waals surface area contributed by atoms with Gasteiger partial charge in [0.05, 0.1) is 14.4 Å². The third-order valence-electron chi connectivity index (χ3n) is 1.47. The second kappa shape index (κ2) is 5.36. The van der Waals surface area contributed by atoms with E-state index in [1.54, 1.807) is 13.6 Å². The first kappa shape index (κ1) is 10.7. The Morgan fingerprint density at radius 3 is 2.36 bits per heavy atom. The number of esters is 1. The molecule has 0 saturated heterocycles. The Bertz CT molecular complexity index is 156. The predicted molar refractivity (Wildman–Crippen MR) is 45.6 cm³/mol. The van der Waals surface area contributed by atoms with Crippen LogP contribution < -0.4 is 0 Å². The van der Waals surface area contributed by atoms with E-state index in [1.807, 2.05) is 6.92 Å². The third kappa shape index (κ3) is 3.57. The second-order valence-electron chi connectivity index (χ2n) is 2.32. The number of hydrogen-bond donors (Lipinski definition) is 0. The maximum atomic E-state index is 11.0. The molecule has 0 aliphatic carbocycles. The second-order valence-corrected chi connectivity index (χ2v) is 4.24. The van der Waals surface area contributed by atoms with E-state index in [2.05, 4.69) is 0 Å². The van der Waals surface area contributed by atoms with Crippen LogP contribution in [0.3, 0.4) is 0 Å².